The van der Waals surface area contributed by atoms with Crippen LogP contribution in [-0.2, 0) is 0 Å². The van der Waals surface area contributed by atoms with E-state index in [2.05, 4.69) is 19.9 Å². The Morgan fingerprint density at radius 3 is 2.52 bits per heavy atom. The van der Waals surface area contributed by atoms with Gasteiger partial charge in [0.05, 0.1) is 0 Å². The lowest BCUT2D eigenvalue weighted by Crippen LogP contribution is -2.52. The molecule has 0 saturated carbocycles. The number of aromatic nitrogens is 4. The van der Waals surface area contributed by atoms with Gasteiger partial charge in [0.1, 0.15) is 10.5 Å². The largest absolute Gasteiger partial charge is 0.368 e. The van der Waals surface area contributed by atoms with E-state index in [9.17, 15) is 4.79 Å². The second kappa shape index (κ2) is 8.62. The van der Waals surface area contributed by atoms with E-state index >= 15 is 0 Å². The third-order valence-electron chi connectivity index (χ3n) is 5.72. The molecule has 5 rings (SSSR count). The van der Waals surface area contributed by atoms with Gasteiger partial charge in [0.15, 0.2) is 10.6 Å². The molecule has 0 spiro atoms. The first-order valence-corrected chi connectivity index (χ1v) is 11.5. The molecule has 2 amide bonds. The number of nitrogens with two attached hydrogens (primary N) is 1. The van der Waals surface area contributed by atoms with E-state index in [1.807, 2.05) is 55.3 Å². The molecule has 33 heavy (non-hydrogen) atoms. The number of nitrogen functional groups attached to an aromatic ring is 1. The van der Waals surface area contributed by atoms with Gasteiger partial charge in [-0.3, -0.25) is 9.88 Å². The van der Waals surface area contributed by atoms with Crippen molar-refractivity contribution in [2.45, 2.75) is 6.92 Å². The van der Waals surface area contributed by atoms with Gasteiger partial charge in [-0.05, 0) is 31.2 Å². The smallest absolute Gasteiger partial charge is 0.324 e. The summed E-state index contributed by atoms with van der Waals surface area (Å²) in [6, 6.07) is 11.8. The number of anilines is 3. The monoisotopic (exact) mass is 460 g/mol. The Hall–Kier alpha value is -3.79. The van der Waals surface area contributed by atoms with Crippen molar-refractivity contribution in [3.63, 3.8) is 0 Å². The summed E-state index contributed by atoms with van der Waals surface area (Å²) >= 11 is 1.47. The van der Waals surface area contributed by atoms with Crippen molar-refractivity contribution in [3.05, 3.63) is 54.4 Å². The van der Waals surface area contributed by atoms with Crippen LogP contribution in [0.5, 0.6) is 0 Å². The lowest BCUT2D eigenvalue weighted by molar-refractivity contribution is 0.202. The molecular weight excluding hydrogens is 436 g/mol. The van der Waals surface area contributed by atoms with E-state index in [4.69, 9.17) is 10.7 Å². The van der Waals surface area contributed by atoms with Gasteiger partial charge >= 0.3 is 6.03 Å². The summed E-state index contributed by atoms with van der Waals surface area (Å²) in [6.07, 6.45) is 3.51. The van der Waals surface area contributed by atoms with Crippen LogP contribution in [0.2, 0.25) is 0 Å². The van der Waals surface area contributed by atoms with Crippen molar-refractivity contribution in [2.75, 3.05) is 48.8 Å². The van der Waals surface area contributed by atoms with Crippen molar-refractivity contribution in [1.82, 2.24) is 24.8 Å². The number of pyridine rings is 1. The molecule has 3 aromatic heterocycles. The molecule has 1 fully saturated rings. The van der Waals surface area contributed by atoms with Crippen LogP contribution in [0.25, 0.3) is 20.9 Å². The number of carbonyl (C=O) groups is 1. The molecule has 0 atom stereocenters. The number of nitrogens with zero attached hydrogens (tertiary/aromatic N) is 7. The molecule has 10 heteroatoms. The quantitative estimate of drug-likeness (QED) is 0.499. The Bertz CT molecular complexity index is 1280. The fraction of sp³-hybridized carbons (Fsp3) is 0.261. The molecule has 2 N–H and O–H groups in total. The van der Waals surface area contributed by atoms with Crippen molar-refractivity contribution in [2.24, 2.45) is 0 Å². The summed E-state index contributed by atoms with van der Waals surface area (Å²) in [5, 5.41) is 0.827. The molecule has 4 heterocycles. The van der Waals surface area contributed by atoms with Crippen molar-refractivity contribution < 1.29 is 4.79 Å². The number of carbonyl (C=O) groups excluding carboxylic acids is 1. The van der Waals surface area contributed by atoms with Crippen LogP contribution in [0.15, 0.2) is 48.8 Å². The molecule has 0 aliphatic carbocycles. The third-order valence-corrected chi connectivity index (χ3v) is 6.72. The van der Waals surface area contributed by atoms with Gasteiger partial charge in [-0.1, -0.05) is 29.0 Å². The molecule has 0 unspecified atom stereocenters. The SMILES string of the molecule is Cc1ccc(N(C)C(=O)N2CCN(c3nc(N)nc4sc(-c5cccnc5)nc34)CC2)cc1. The number of thiazole rings is 1. The normalized spacial score (nSPS) is 14.0. The fourth-order valence-electron chi connectivity index (χ4n) is 3.86. The Balaban J connectivity index is 1.34. The minimum atomic E-state index is -0.0154. The molecule has 4 aromatic rings. The molecule has 9 nitrogen and oxygen atoms in total. The Morgan fingerprint density at radius 2 is 1.82 bits per heavy atom. The topological polar surface area (TPSA) is 104 Å². The van der Waals surface area contributed by atoms with E-state index in [-0.39, 0.29) is 12.0 Å². The number of rotatable bonds is 3. The van der Waals surface area contributed by atoms with Crippen LogP contribution in [0.1, 0.15) is 5.56 Å². The maximum Gasteiger partial charge on any atom is 0.324 e. The number of hydrogen-bond donors (Lipinski definition) is 1. The molecule has 1 aliphatic heterocycles. The van der Waals surface area contributed by atoms with Crippen LogP contribution in [0, 0.1) is 6.92 Å². The lowest BCUT2D eigenvalue weighted by atomic mass is 10.2. The molecule has 0 bridgehead atoms. The van der Waals surface area contributed by atoms with Crippen molar-refractivity contribution >= 4 is 45.2 Å². The minimum Gasteiger partial charge on any atom is -0.368 e. The summed E-state index contributed by atoms with van der Waals surface area (Å²) < 4.78 is 0. The van der Waals surface area contributed by atoms with E-state index in [0.29, 0.717) is 32.0 Å². The van der Waals surface area contributed by atoms with Gasteiger partial charge < -0.3 is 15.5 Å². The second-order valence-corrected chi connectivity index (χ2v) is 8.95. The highest BCUT2D eigenvalue weighted by atomic mass is 32.1. The van der Waals surface area contributed by atoms with Gasteiger partial charge in [-0.25, -0.2) is 14.8 Å². The summed E-state index contributed by atoms with van der Waals surface area (Å²) in [5.41, 5.74) is 9.72. The number of piperazine rings is 1. The third kappa shape index (κ3) is 4.17. The number of urea groups is 1. The zero-order valence-corrected chi connectivity index (χ0v) is 19.3. The molecule has 0 radical (unpaired) electrons. The molecule has 1 aliphatic rings. The number of fused-ring (bicyclic) bond motifs is 1. The molecule has 1 saturated heterocycles. The number of hydrogen-bond acceptors (Lipinski definition) is 8. The predicted octanol–water partition coefficient (Wildman–Crippen LogP) is 3.42. The predicted molar refractivity (Wildman–Crippen MR) is 132 cm³/mol. The van der Waals surface area contributed by atoms with Crippen LogP contribution in [-0.4, -0.2) is 64.1 Å². The van der Waals surface area contributed by atoms with Crippen LogP contribution < -0.4 is 15.5 Å². The number of amides is 2. The summed E-state index contributed by atoms with van der Waals surface area (Å²) in [7, 11) is 1.81. The maximum atomic E-state index is 13.0. The Kier molecular flexibility index (Phi) is 5.51. The fourth-order valence-corrected chi connectivity index (χ4v) is 4.79. The van der Waals surface area contributed by atoms with Crippen LogP contribution in [0.4, 0.5) is 22.2 Å². The zero-order chi connectivity index (χ0) is 22.9. The van der Waals surface area contributed by atoms with E-state index in [0.717, 1.165) is 32.2 Å². The average molecular weight is 461 g/mol. The van der Waals surface area contributed by atoms with E-state index < -0.39 is 0 Å². The zero-order valence-electron chi connectivity index (χ0n) is 18.5. The van der Waals surface area contributed by atoms with Gasteiger partial charge in [-0.15, -0.1) is 0 Å². The number of aryl methyl sites for hydroxylation is 1. The highest BCUT2D eigenvalue weighted by Gasteiger charge is 2.27. The highest BCUT2D eigenvalue weighted by Crippen LogP contribution is 2.33. The maximum absolute atomic E-state index is 13.0. The summed E-state index contributed by atoms with van der Waals surface area (Å²) in [4.78, 5) is 37.3. The van der Waals surface area contributed by atoms with E-state index in [1.54, 1.807) is 17.3 Å². The lowest BCUT2D eigenvalue weighted by Gasteiger charge is -2.37. The van der Waals surface area contributed by atoms with Crippen LogP contribution in [0.3, 0.4) is 0 Å². The minimum absolute atomic E-state index is 0.0154. The molecule has 168 valence electrons. The summed E-state index contributed by atoms with van der Waals surface area (Å²) in [6.45, 7) is 4.47. The first-order valence-electron chi connectivity index (χ1n) is 10.7. The number of benzene rings is 1. The van der Waals surface area contributed by atoms with Gasteiger partial charge in [0.25, 0.3) is 0 Å². The van der Waals surface area contributed by atoms with Crippen molar-refractivity contribution in [1.29, 1.82) is 0 Å². The first-order chi connectivity index (χ1) is 16.0. The van der Waals surface area contributed by atoms with Crippen LogP contribution >= 0.6 is 11.3 Å². The standard InChI is InChI=1S/C23H24N8OS/c1-15-5-7-17(8-6-15)29(2)23(32)31-12-10-30(11-13-31)19-18-21(28-22(24)27-19)33-20(26-18)16-4-3-9-25-14-16/h3-9,14H,10-13H2,1-2H3,(H2,24,27,28). The van der Waals surface area contributed by atoms with Gasteiger partial charge in [-0.2, -0.15) is 4.98 Å². The average Bonchev–Trinajstić information content (AvgIpc) is 3.28. The van der Waals surface area contributed by atoms with Crippen molar-refractivity contribution in [3.8, 4) is 10.6 Å². The Morgan fingerprint density at radius 1 is 1.06 bits per heavy atom. The summed E-state index contributed by atoms with van der Waals surface area (Å²) in [5.74, 6) is 0.930. The van der Waals surface area contributed by atoms with Gasteiger partial charge in [0.2, 0.25) is 5.95 Å². The second-order valence-electron chi connectivity index (χ2n) is 7.97. The highest BCUT2D eigenvalue weighted by molar-refractivity contribution is 7.21. The molecule has 1 aromatic carbocycles. The first kappa shape index (κ1) is 21.1. The van der Waals surface area contributed by atoms with E-state index in [1.165, 1.54) is 11.3 Å². The Labute approximate surface area is 195 Å². The van der Waals surface area contributed by atoms with Gasteiger partial charge in [0, 0.05) is 56.9 Å². The molecular formula is C23H24N8OS.